The number of carboxylic acids is 1. The SMILES string of the molecule is COc1cccc(N[C@H]2CC[C@@H](C(=O)O)C2)c1[N+](=O)[O-]. The van der Waals surface area contributed by atoms with Crippen LogP contribution in [0, 0.1) is 16.0 Å². The van der Waals surface area contributed by atoms with Gasteiger partial charge < -0.3 is 15.2 Å². The van der Waals surface area contributed by atoms with E-state index in [1.165, 1.54) is 13.2 Å². The van der Waals surface area contributed by atoms with Crippen molar-refractivity contribution in [3.05, 3.63) is 28.3 Å². The molecule has 0 spiro atoms. The Balaban J connectivity index is 2.18. The maximum atomic E-state index is 11.1. The number of aliphatic carboxylic acids is 1. The molecule has 0 saturated heterocycles. The Kier molecular flexibility index (Phi) is 4.07. The lowest BCUT2D eigenvalue weighted by atomic mass is 10.1. The van der Waals surface area contributed by atoms with Crippen LogP contribution in [0.15, 0.2) is 18.2 Å². The Labute approximate surface area is 115 Å². The fourth-order valence-corrected chi connectivity index (χ4v) is 2.55. The Morgan fingerprint density at radius 1 is 1.50 bits per heavy atom. The van der Waals surface area contributed by atoms with Crippen molar-refractivity contribution in [2.45, 2.75) is 25.3 Å². The third-order valence-electron chi connectivity index (χ3n) is 3.54. The third-order valence-corrected chi connectivity index (χ3v) is 3.54. The van der Waals surface area contributed by atoms with Crippen molar-refractivity contribution in [2.24, 2.45) is 5.92 Å². The predicted octanol–water partition coefficient (Wildman–Crippen LogP) is 2.27. The summed E-state index contributed by atoms with van der Waals surface area (Å²) in [6.45, 7) is 0. The molecule has 0 aromatic heterocycles. The van der Waals surface area contributed by atoms with Crippen molar-refractivity contribution >= 4 is 17.3 Å². The first-order valence-electron chi connectivity index (χ1n) is 6.33. The highest BCUT2D eigenvalue weighted by Crippen LogP contribution is 2.37. The maximum absolute atomic E-state index is 11.1. The standard InChI is InChI=1S/C13H16N2O5/c1-20-11-4-2-3-10(12(11)15(18)19)14-9-6-5-8(7-9)13(16)17/h2-4,8-9,14H,5-7H2,1H3,(H,16,17)/t8-,9+/m1/s1. The lowest BCUT2D eigenvalue weighted by Gasteiger charge is -2.15. The summed E-state index contributed by atoms with van der Waals surface area (Å²) in [4.78, 5) is 21.6. The summed E-state index contributed by atoms with van der Waals surface area (Å²) in [6, 6.07) is 4.73. The third kappa shape index (κ3) is 2.81. The molecule has 1 saturated carbocycles. The van der Waals surface area contributed by atoms with E-state index in [-0.39, 0.29) is 23.4 Å². The number of rotatable bonds is 5. The van der Waals surface area contributed by atoms with Crippen molar-refractivity contribution in [3.8, 4) is 5.75 Å². The topological polar surface area (TPSA) is 102 Å². The number of hydrogen-bond donors (Lipinski definition) is 2. The summed E-state index contributed by atoms with van der Waals surface area (Å²) >= 11 is 0. The number of ether oxygens (including phenoxy) is 1. The molecule has 0 radical (unpaired) electrons. The van der Waals surface area contributed by atoms with Gasteiger partial charge in [-0.25, -0.2) is 0 Å². The highest BCUT2D eigenvalue weighted by molar-refractivity contribution is 5.71. The van der Waals surface area contributed by atoms with E-state index in [1.54, 1.807) is 12.1 Å². The summed E-state index contributed by atoms with van der Waals surface area (Å²) in [5, 5.41) is 23.2. The van der Waals surface area contributed by atoms with Gasteiger partial charge in [-0.2, -0.15) is 0 Å². The van der Waals surface area contributed by atoms with Gasteiger partial charge in [0.2, 0.25) is 0 Å². The number of para-hydroxylation sites is 1. The second-order valence-electron chi connectivity index (χ2n) is 4.80. The van der Waals surface area contributed by atoms with Gasteiger partial charge in [-0.3, -0.25) is 14.9 Å². The second kappa shape index (κ2) is 5.77. The van der Waals surface area contributed by atoms with Crippen LogP contribution in [0.1, 0.15) is 19.3 Å². The molecule has 20 heavy (non-hydrogen) atoms. The van der Waals surface area contributed by atoms with Crippen LogP contribution < -0.4 is 10.1 Å². The average molecular weight is 280 g/mol. The first-order valence-corrected chi connectivity index (χ1v) is 6.33. The van der Waals surface area contributed by atoms with Crippen LogP contribution in [-0.2, 0) is 4.79 Å². The summed E-state index contributed by atoms with van der Waals surface area (Å²) in [5.41, 5.74) is 0.249. The van der Waals surface area contributed by atoms with E-state index in [2.05, 4.69) is 5.32 Å². The van der Waals surface area contributed by atoms with Gasteiger partial charge in [0.1, 0.15) is 5.69 Å². The summed E-state index contributed by atoms with van der Waals surface area (Å²) in [5.74, 6) is -1.00. The van der Waals surface area contributed by atoms with Gasteiger partial charge in [-0.05, 0) is 31.4 Å². The number of benzene rings is 1. The predicted molar refractivity (Wildman–Crippen MR) is 72.0 cm³/mol. The highest BCUT2D eigenvalue weighted by atomic mass is 16.6. The largest absolute Gasteiger partial charge is 0.490 e. The molecule has 2 N–H and O–H groups in total. The van der Waals surface area contributed by atoms with Gasteiger partial charge in [-0.1, -0.05) is 6.07 Å². The molecular formula is C13H16N2O5. The zero-order valence-corrected chi connectivity index (χ0v) is 11.0. The number of nitro benzene ring substituents is 1. The molecule has 1 aliphatic carbocycles. The number of nitro groups is 1. The van der Waals surface area contributed by atoms with Gasteiger partial charge in [0, 0.05) is 6.04 Å². The van der Waals surface area contributed by atoms with Gasteiger partial charge >= 0.3 is 11.7 Å². The molecule has 0 unspecified atom stereocenters. The summed E-state index contributed by atoms with van der Waals surface area (Å²) in [6.07, 6.45) is 1.75. The highest BCUT2D eigenvalue weighted by Gasteiger charge is 2.31. The van der Waals surface area contributed by atoms with Crippen molar-refractivity contribution in [2.75, 3.05) is 12.4 Å². The van der Waals surface area contributed by atoms with E-state index in [1.807, 2.05) is 0 Å². The number of hydrogen-bond acceptors (Lipinski definition) is 5. The second-order valence-corrected chi connectivity index (χ2v) is 4.80. The first kappa shape index (κ1) is 14.1. The molecule has 0 heterocycles. The molecule has 2 rings (SSSR count). The van der Waals surface area contributed by atoms with Gasteiger partial charge in [0.05, 0.1) is 18.0 Å². The zero-order chi connectivity index (χ0) is 14.7. The van der Waals surface area contributed by atoms with Crippen molar-refractivity contribution < 1.29 is 19.6 Å². The quantitative estimate of drug-likeness (QED) is 0.633. The Morgan fingerprint density at radius 2 is 2.25 bits per heavy atom. The minimum absolute atomic E-state index is 0.0677. The summed E-state index contributed by atoms with van der Waals surface area (Å²) < 4.78 is 5.00. The molecule has 7 nitrogen and oxygen atoms in total. The lowest BCUT2D eigenvalue weighted by Crippen LogP contribution is -2.18. The number of anilines is 1. The molecule has 1 aromatic carbocycles. The maximum Gasteiger partial charge on any atom is 0.333 e. The van der Waals surface area contributed by atoms with Crippen LogP contribution in [0.25, 0.3) is 0 Å². The summed E-state index contributed by atoms with van der Waals surface area (Å²) in [7, 11) is 1.38. The normalized spacial score (nSPS) is 21.4. The Bertz CT molecular complexity index is 531. The minimum Gasteiger partial charge on any atom is -0.490 e. The lowest BCUT2D eigenvalue weighted by molar-refractivity contribution is -0.384. The fraction of sp³-hybridized carbons (Fsp3) is 0.462. The minimum atomic E-state index is -0.811. The van der Waals surface area contributed by atoms with E-state index in [4.69, 9.17) is 9.84 Å². The number of carboxylic acid groups (broad SMARTS) is 1. The molecule has 108 valence electrons. The van der Waals surface area contributed by atoms with Crippen LogP contribution in [0.3, 0.4) is 0 Å². The molecule has 1 aliphatic rings. The van der Waals surface area contributed by atoms with E-state index >= 15 is 0 Å². The molecule has 1 aromatic rings. The fourth-order valence-electron chi connectivity index (χ4n) is 2.55. The Morgan fingerprint density at radius 3 is 2.80 bits per heavy atom. The molecule has 7 heteroatoms. The first-order chi connectivity index (χ1) is 9.52. The monoisotopic (exact) mass is 280 g/mol. The Hall–Kier alpha value is -2.31. The van der Waals surface area contributed by atoms with Crippen LogP contribution in [-0.4, -0.2) is 29.2 Å². The van der Waals surface area contributed by atoms with Crippen molar-refractivity contribution in [3.63, 3.8) is 0 Å². The molecule has 0 aliphatic heterocycles. The van der Waals surface area contributed by atoms with Crippen LogP contribution >= 0.6 is 0 Å². The number of nitrogens with one attached hydrogen (secondary N) is 1. The zero-order valence-electron chi connectivity index (χ0n) is 11.0. The molecule has 0 amide bonds. The van der Waals surface area contributed by atoms with Crippen LogP contribution in [0.5, 0.6) is 5.75 Å². The van der Waals surface area contributed by atoms with E-state index < -0.39 is 10.9 Å². The van der Waals surface area contributed by atoms with Gasteiger partial charge in [0.25, 0.3) is 0 Å². The van der Waals surface area contributed by atoms with E-state index in [0.29, 0.717) is 24.9 Å². The molecule has 2 atom stereocenters. The number of carbonyl (C=O) groups is 1. The molecule has 1 fully saturated rings. The smallest absolute Gasteiger partial charge is 0.333 e. The van der Waals surface area contributed by atoms with Crippen molar-refractivity contribution in [1.82, 2.24) is 0 Å². The van der Waals surface area contributed by atoms with Gasteiger partial charge in [-0.15, -0.1) is 0 Å². The van der Waals surface area contributed by atoms with Crippen LogP contribution in [0.2, 0.25) is 0 Å². The average Bonchev–Trinajstić information content (AvgIpc) is 2.86. The van der Waals surface area contributed by atoms with Crippen LogP contribution in [0.4, 0.5) is 11.4 Å². The van der Waals surface area contributed by atoms with E-state index in [0.717, 1.165) is 0 Å². The number of methoxy groups -OCH3 is 1. The number of nitrogens with zero attached hydrogens (tertiary/aromatic N) is 1. The molecule has 0 bridgehead atoms. The van der Waals surface area contributed by atoms with E-state index in [9.17, 15) is 14.9 Å². The van der Waals surface area contributed by atoms with Gasteiger partial charge in [0.15, 0.2) is 5.75 Å². The van der Waals surface area contributed by atoms with Crippen molar-refractivity contribution in [1.29, 1.82) is 0 Å². The molecular weight excluding hydrogens is 264 g/mol.